The molecule has 0 radical (unpaired) electrons. The molecule has 0 saturated heterocycles. The highest BCUT2D eigenvalue weighted by Crippen LogP contribution is 2.38. The molecule has 0 bridgehead atoms. The Morgan fingerprint density at radius 3 is 1.14 bits per heavy atom. The molecule has 212 valence electrons. The summed E-state index contributed by atoms with van der Waals surface area (Å²) in [6, 6.07) is 48.6. The number of rotatable bonds is 8. The Balaban J connectivity index is 1.22. The summed E-state index contributed by atoms with van der Waals surface area (Å²) in [6.45, 7) is 4.51. The molecule has 0 aliphatic heterocycles. The molecule has 0 saturated carbocycles. The van der Waals surface area contributed by atoms with E-state index in [4.69, 9.17) is 20.9 Å². The Labute approximate surface area is 253 Å². The number of para-hydroxylation sites is 2. The van der Waals surface area contributed by atoms with Gasteiger partial charge in [0.25, 0.3) is 0 Å². The number of benzene rings is 6. The summed E-state index contributed by atoms with van der Waals surface area (Å²) in [5.74, 6) is 3.11. The Hall–Kier alpha value is -5.48. The number of ether oxygens (including phenoxy) is 2. The van der Waals surface area contributed by atoms with Gasteiger partial charge in [-0.15, -0.1) is 0 Å². The van der Waals surface area contributed by atoms with Crippen molar-refractivity contribution in [2.24, 2.45) is 0 Å². The zero-order valence-electron chi connectivity index (χ0n) is 24.3. The van der Waals surface area contributed by atoms with Gasteiger partial charge in [0.2, 0.25) is 0 Å². The molecule has 0 aliphatic carbocycles. The van der Waals surface area contributed by atoms with E-state index in [0.29, 0.717) is 11.4 Å². The molecule has 6 aromatic rings. The normalized spacial score (nSPS) is 11.2. The predicted molar refractivity (Wildman–Crippen MR) is 178 cm³/mol. The van der Waals surface area contributed by atoms with Crippen LogP contribution in [0.3, 0.4) is 0 Å². The van der Waals surface area contributed by atoms with Gasteiger partial charge in [-0.3, -0.25) is 0 Å². The van der Waals surface area contributed by atoms with Crippen LogP contribution >= 0.6 is 0 Å². The molecule has 0 unspecified atom stereocenters. The molecule has 0 fully saturated rings. The van der Waals surface area contributed by atoms with Gasteiger partial charge in [-0.25, -0.2) is 0 Å². The van der Waals surface area contributed by atoms with E-state index < -0.39 is 0 Å². The van der Waals surface area contributed by atoms with E-state index in [1.54, 1.807) is 0 Å². The van der Waals surface area contributed by atoms with Crippen LogP contribution in [-0.4, -0.2) is 0 Å². The van der Waals surface area contributed by atoms with Crippen LogP contribution in [0.1, 0.15) is 25.0 Å². The van der Waals surface area contributed by atoms with Gasteiger partial charge in [-0.05, 0) is 82.9 Å². The smallest absolute Gasteiger partial charge is 0.135 e. The standard InChI is InChI=1S/C39H34N2O2/c1-39(2,29-15-11-27(12-16-29)35-7-3-5-9-37(35)42-33-23-19-31(40)20-24-33)30-17-13-28(14-18-30)36-8-4-6-10-38(36)43-34-25-21-32(41)22-26-34/h3-26H,40-41H2,1-2H3. The summed E-state index contributed by atoms with van der Waals surface area (Å²) in [6.07, 6.45) is 0. The van der Waals surface area contributed by atoms with Crippen molar-refractivity contribution in [2.45, 2.75) is 19.3 Å². The summed E-state index contributed by atoms with van der Waals surface area (Å²) in [5.41, 5.74) is 19.6. The zero-order chi connectivity index (χ0) is 29.8. The van der Waals surface area contributed by atoms with E-state index in [9.17, 15) is 0 Å². The first-order valence-electron chi connectivity index (χ1n) is 14.3. The monoisotopic (exact) mass is 562 g/mol. The van der Waals surface area contributed by atoms with Gasteiger partial charge >= 0.3 is 0 Å². The fourth-order valence-electron chi connectivity index (χ4n) is 5.21. The third-order valence-corrected chi connectivity index (χ3v) is 7.83. The lowest BCUT2D eigenvalue weighted by atomic mass is 9.77. The van der Waals surface area contributed by atoms with E-state index in [2.05, 4.69) is 74.5 Å². The van der Waals surface area contributed by atoms with Crippen molar-refractivity contribution >= 4 is 11.4 Å². The molecule has 43 heavy (non-hydrogen) atoms. The first-order valence-corrected chi connectivity index (χ1v) is 14.3. The third kappa shape index (κ3) is 6.09. The van der Waals surface area contributed by atoms with E-state index in [1.807, 2.05) is 84.9 Å². The second-order valence-corrected chi connectivity index (χ2v) is 11.1. The molecule has 6 aromatic carbocycles. The van der Waals surface area contributed by atoms with E-state index in [0.717, 1.165) is 45.3 Å². The predicted octanol–water partition coefficient (Wildman–Crippen LogP) is 10.1. The average Bonchev–Trinajstić information content (AvgIpc) is 3.04. The summed E-state index contributed by atoms with van der Waals surface area (Å²) < 4.78 is 12.4. The van der Waals surface area contributed by atoms with Crippen molar-refractivity contribution < 1.29 is 9.47 Å². The Bertz CT molecular complexity index is 1690. The van der Waals surface area contributed by atoms with Crippen molar-refractivity contribution in [3.63, 3.8) is 0 Å². The fraction of sp³-hybridized carbons (Fsp3) is 0.0769. The van der Waals surface area contributed by atoms with E-state index in [1.165, 1.54) is 11.1 Å². The lowest BCUT2D eigenvalue weighted by Crippen LogP contribution is -2.18. The van der Waals surface area contributed by atoms with Crippen molar-refractivity contribution in [3.8, 4) is 45.3 Å². The topological polar surface area (TPSA) is 70.5 Å². The molecule has 4 heteroatoms. The number of nitrogen functional groups attached to an aromatic ring is 2. The highest BCUT2D eigenvalue weighted by Gasteiger charge is 2.23. The SMILES string of the molecule is CC(C)(c1ccc(-c2ccccc2Oc2ccc(N)cc2)cc1)c1ccc(-c2ccccc2Oc2ccc(N)cc2)cc1. The van der Waals surface area contributed by atoms with Crippen molar-refractivity contribution in [1.82, 2.24) is 0 Å². The Kier molecular flexibility index (Phi) is 7.59. The summed E-state index contributed by atoms with van der Waals surface area (Å²) in [4.78, 5) is 0. The molecular weight excluding hydrogens is 528 g/mol. The maximum atomic E-state index is 6.21. The molecule has 0 aromatic heterocycles. The van der Waals surface area contributed by atoms with Crippen LogP contribution in [0.15, 0.2) is 146 Å². The van der Waals surface area contributed by atoms with Crippen LogP contribution in [0, 0.1) is 0 Å². The number of hydrogen-bond acceptors (Lipinski definition) is 4. The number of hydrogen-bond donors (Lipinski definition) is 2. The van der Waals surface area contributed by atoms with Crippen molar-refractivity contribution in [2.75, 3.05) is 11.5 Å². The highest BCUT2D eigenvalue weighted by atomic mass is 16.5. The Morgan fingerprint density at radius 2 is 0.767 bits per heavy atom. The van der Waals surface area contributed by atoms with Gasteiger partial charge in [0, 0.05) is 27.9 Å². The van der Waals surface area contributed by atoms with Gasteiger partial charge in [-0.1, -0.05) is 98.8 Å². The molecule has 0 amide bonds. The van der Waals surface area contributed by atoms with Crippen LogP contribution < -0.4 is 20.9 Å². The van der Waals surface area contributed by atoms with Crippen LogP contribution in [0.25, 0.3) is 22.3 Å². The van der Waals surface area contributed by atoms with Gasteiger partial charge in [0.15, 0.2) is 0 Å². The Morgan fingerprint density at radius 1 is 0.419 bits per heavy atom. The second-order valence-electron chi connectivity index (χ2n) is 11.1. The minimum Gasteiger partial charge on any atom is -0.457 e. The highest BCUT2D eigenvalue weighted by molar-refractivity contribution is 5.73. The number of nitrogens with two attached hydrogens (primary N) is 2. The van der Waals surface area contributed by atoms with Crippen LogP contribution in [0.4, 0.5) is 11.4 Å². The second kappa shape index (κ2) is 11.8. The quantitative estimate of drug-likeness (QED) is 0.181. The van der Waals surface area contributed by atoms with E-state index >= 15 is 0 Å². The molecule has 4 N–H and O–H groups in total. The summed E-state index contributed by atoms with van der Waals surface area (Å²) in [5, 5.41) is 0. The molecule has 0 atom stereocenters. The lowest BCUT2D eigenvalue weighted by Gasteiger charge is -2.27. The number of anilines is 2. The zero-order valence-corrected chi connectivity index (χ0v) is 24.3. The van der Waals surface area contributed by atoms with Gasteiger partial charge < -0.3 is 20.9 Å². The maximum absolute atomic E-state index is 6.21. The summed E-state index contributed by atoms with van der Waals surface area (Å²) >= 11 is 0. The molecule has 6 rings (SSSR count). The molecule has 0 heterocycles. The van der Waals surface area contributed by atoms with Gasteiger partial charge in [0.1, 0.15) is 23.0 Å². The molecule has 4 nitrogen and oxygen atoms in total. The first kappa shape index (κ1) is 27.7. The maximum Gasteiger partial charge on any atom is 0.135 e. The van der Waals surface area contributed by atoms with Crippen LogP contribution in [0.5, 0.6) is 23.0 Å². The van der Waals surface area contributed by atoms with Crippen molar-refractivity contribution in [1.29, 1.82) is 0 Å². The van der Waals surface area contributed by atoms with Crippen LogP contribution in [-0.2, 0) is 5.41 Å². The van der Waals surface area contributed by atoms with Gasteiger partial charge in [0.05, 0.1) is 0 Å². The minimum absolute atomic E-state index is 0.197. The fourth-order valence-corrected chi connectivity index (χ4v) is 5.21. The molecule has 0 spiro atoms. The minimum atomic E-state index is -0.197. The largest absolute Gasteiger partial charge is 0.457 e. The van der Waals surface area contributed by atoms with E-state index in [-0.39, 0.29) is 5.41 Å². The van der Waals surface area contributed by atoms with Crippen LogP contribution in [0.2, 0.25) is 0 Å². The first-order chi connectivity index (χ1) is 20.9. The lowest BCUT2D eigenvalue weighted by molar-refractivity contribution is 0.484. The summed E-state index contributed by atoms with van der Waals surface area (Å²) in [7, 11) is 0. The molecular formula is C39H34N2O2. The average molecular weight is 563 g/mol. The van der Waals surface area contributed by atoms with Crippen molar-refractivity contribution in [3.05, 3.63) is 157 Å². The third-order valence-electron chi connectivity index (χ3n) is 7.83. The van der Waals surface area contributed by atoms with Gasteiger partial charge in [-0.2, -0.15) is 0 Å². The molecule has 0 aliphatic rings.